The minimum Gasteiger partial charge on any atom is -0.477 e. The van der Waals surface area contributed by atoms with E-state index in [1.54, 1.807) is 0 Å². The van der Waals surface area contributed by atoms with E-state index in [0.29, 0.717) is 28.4 Å². The molecule has 0 saturated carbocycles. The molecular weight excluding hydrogens is 437 g/mol. The number of carboxylic acid groups (broad SMARTS) is 1. The Bertz CT molecular complexity index is 1340. The maximum absolute atomic E-state index is 12.4. The summed E-state index contributed by atoms with van der Waals surface area (Å²) < 4.78 is 42.6. The minimum atomic E-state index is -4.79. The number of aromatic carboxylic acids is 1. The number of aromatic nitrogens is 3. The topological polar surface area (TPSA) is 88.8 Å². The van der Waals surface area contributed by atoms with Gasteiger partial charge in [-0.3, -0.25) is 0 Å². The molecule has 7 nitrogen and oxygen atoms in total. The number of nitrogens with one attached hydrogen (secondary N) is 1. The second-order valence-electron chi connectivity index (χ2n) is 7.49. The fraction of sp³-hybridized carbons (Fsp3) is 0.174. The summed E-state index contributed by atoms with van der Waals surface area (Å²) >= 11 is 0. The van der Waals surface area contributed by atoms with Crippen molar-refractivity contribution in [2.75, 3.05) is 5.32 Å². The molecule has 2 aromatic carbocycles. The van der Waals surface area contributed by atoms with Gasteiger partial charge in [0.2, 0.25) is 0 Å². The van der Waals surface area contributed by atoms with Crippen molar-refractivity contribution < 1.29 is 27.8 Å². The summed E-state index contributed by atoms with van der Waals surface area (Å²) in [6.45, 7) is 5.72. The first-order valence-corrected chi connectivity index (χ1v) is 9.86. The van der Waals surface area contributed by atoms with Gasteiger partial charge in [-0.2, -0.15) is 9.61 Å². The van der Waals surface area contributed by atoms with Gasteiger partial charge in [-0.1, -0.05) is 18.2 Å². The first kappa shape index (κ1) is 22.1. The molecule has 2 N–H and O–H groups in total. The van der Waals surface area contributed by atoms with E-state index in [4.69, 9.17) is 0 Å². The average Bonchev–Trinajstić information content (AvgIpc) is 3.04. The Morgan fingerprint density at radius 1 is 1.03 bits per heavy atom. The second-order valence-corrected chi connectivity index (χ2v) is 7.49. The lowest BCUT2D eigenvalue weighted by Gasteiger charge is -2.12. The third-order valence-electron chi connectivity index (χ3n) is 5.07. The molecule has 4 aromatic rings. The van der Waals surface area contributed by atoms with E-state index >= 15 is 0 Å². The lowest BCUT2D eigenvalue weighted by Crippen LogP contribution is -2.17. The summed E-state index contributed by atoms with van der Waals surface area (Å²) in [6.07, 6.45) is -4.79. The lowest BCUT2D eigenvalue weighted by atomic mass is 9.96. The van der Waals surface area contributed by atoms with Gasteiger partial charge in [0.1, 0.15) is 11.6 Å². The van der Waals surface area contributed by atoms with Gasteiger partial charge >= 0.3 is 12.3 Å². The standard InChI is InChI=1S/C23H19F3N4O3/c1-12-5-4-6-13(2)19(12)20-14(3)29-30-18(11-17(22(31)32)28-21(20)30)27-15-7-9-16(10-8-15)33-23(24,25)26/h4-11,27H,1-3H3,(H,31,32). The SMILES string of the molecule is Cc1cccc(C)c1-c1c(C)nn2c(Nc3ccc(OC(F)(F)F)cc3)cc(C(=O)O)nc12. The van der Waals surface area contributed by atoms with Crippen molar-refractivity contribution in [1.29, 1.82) is 0 Å². The first-order valence-electron chi connectivity index (χ1n) is 9.86. The van der Waals surface area contributed by atoms with E-state index in [1.165, 1.54) is 22.7 Å². The molecule has 0 bridgehead atoms. The highest BCUT2D eigenvalue weighted by Gasteiger charge is 2.31. The molecule has 0 unspecified atom stereocenters. The molecule has 4 rings (SSSR count). The summed E-state index contributed by atoms with van der Waals surface area (Å²) in [4.78, 5) is 16.1. The normalized spacial score (nSPS) is 11.6. The number of fused-ring (bicyclic) bond motifs is 1. The Kier molecular flexibility index (Phi) is 5.44. The van der Waals surface area contributed by atoms with Crippen molar-refractivity contribution in [3.8, 4) is 16.9 Å². The number of alkyl halides is 3. The van der Waals surface area contributed by atoms with Crippen LogP contribution in [0.4, 0.5) is 24.7 Å². The van der Waals surface area contributed by atoms with E-state index in [-0.39, 0.29) is 11.4 Å². The number of nitrogens with zero attached hydrogens (tertiary/aromatic N) is 3. The van der Waals surface area contributed by atoms with Crippen LogP contribution < -0.4 is 10.1 Å². The molecule has 170 valence electrons. The fourth-order valence-electron chi connectivity index (χ4n) is 3.71. The number of rotatable bonds is 5. The van der Waals surface area contributed by atoms with Crippen LogP contribution in [0.25, 0.3) is 16.8 Å². The van der Waals surface area contributed by atoms with Gasteiger partial charge in [0.05, 0.1) is 11.3 Å². The fourth-order valence-corrected chi connectivity index (χ4v) is 3.71. The van der Waals surface area contributed by atoms with E-state index < -0.39 is 12.3 Å². The van der Waals surface area contributed by atoms with Gasteiger partial charge < -0.3 is 15.2 Å². The maximum atomic E-state index is 12.4. The van der Waals surface area contributed by atoms with Crippen molar-refractivity contribution in [1.82, 2.24) is 14.6 Å². The lowest BCUT2D eigenvalue weighted by molar-refractivity contribution is -0.274. The molecule has 0 aliphatic carbocycles. The molecule has 0 fully saturated rings. The van der Waals surface area contributed by atoms with Gasteiger partial charge in [0.25, 0.3) is 0 Å². The van der Waals surface area contributed by atoms with Crippen LogP contribution in [0, 0.1) is 20.8 Å². The number of ether oxygens (including phenoxy) is 1. The Morgan fingerprint density at radius 3 is 2.24 bits per heavy atom. The molecule has 0 aliphatic heterocycles. The van der Waals surface area contributed by atoms with Crippen LogP contribution in [-0.2, 0) is 0 Å². The van der Waals surface area contributed by atoms with Crippen LogP contribution in [0.3, 0.4) is 0 Å². The molecule has 0 radical (unpaired) electrons. The zero-order valence-electron chi connectivity index (χ0n) is 17.9. The van der Waals surface area contributed by atoms with E-state index in [2.05, 4.69) is 20.1 Å². The summed E-state index contributed by atoms with van der Waals surface area (Å²) in [5.41, 5.74) is 4.83. The predicted molar refractivity (Wildman–Crippen MR) is 116 cm³/mol. The predicted octanol–water partition coefficient (Wildman–Crippen LogP) is 5.66. The van der Waals surface area contributed by atoms with Crippen LogP contribution >= 0.6 is 0 Å². The average molecular weight is 456 g/mol. The number of anilines is 2. The van der Waals surface area contributed by atoms with E-state index in [0.717, 1.165) is 28.8 Å². The van der Waals surface area contributed by atoms with Crippen LogP contribution in [0.2, 0.25) is 0 Å². The molecule has 0 aliphatic rings. The van der Waals surface area contributed by atoms with Crippen molar-refractivity contribution >= 4 is 23.1 Å². The largest absolute Gasteiger partial charge is 0.573 e. The number of benzene rings is 2. The number of hydrogen-bond acceptors (Lipinski definition) is 5. The Balaban J connectivity index is 1.83. The Morgan fingerprint density at radius 2 is 1.67 bits per heavy atom. The highest BCUT2D eigenvalue weighted by Crippen LogP contribution is 2.34. The zero-order valence-corrected chi connectivity index (χ0v) is 17.9. The monoisotopic (exact) mass is 456 g/mol. The number of aryl methyl sites for hydroxylation is 3. The molecule has 0 amide bonds. The van der Waals surface area contributed by atoms with Gasteiger partial charge in [0.15, 0.2) is 11.3 Å². The van der Waals surface area contributed by atoms with Crippen molar-refractivity contribution in [2.24, 2.45) is 0 Å². The smallest absolute Gasteiger partial charge is 0.477 e. The Labute approximate surface area is 186 Å². The molecule has 0 saturated heterocycles. The zero-order chi connectivity index (χ0) is 23.9. The van der Waals surface area contributed by atoms with Gasteiger partial charge in [-0.05, 0) is 61.7 Å². The number of hydrogen-bond donors (Lipinski definition) is 2. The highest BCUT2D eigenvalue weighted by molar-refractivity contribution is 5.91. The van der Waals surface area contributed by atoms with Crippen LogP contribution in [0.5, 0.6) is 5.75 Å². The van der Waals surface area contributed by atoms with E-state index in [9.17, 15) is 23.1 Å². The van der Waals surface area contributed by atoms with Crippen molar-refractivity contribution in [3.63, 3.8) is 0 Å². The van der Waals surface area contributed by atoms with Gasteiger partial charge in [0, 0.05) is 11.8 Å². The molecule has 2 heterocycles. The van der Waals surface area contributed by atoms with Crippen LogP contribution in [0.15, 0.2) is 48.5 Å². The third kappa shape index (κ3) is 4.45. The highest BCUT2D eigenvalue weighted by atomic mass is 19.4. The quantitative estimate of drug-likeness (QED) is 0.403. The maximum Gasteiger partial charge on any atom is 0.573 e. The van der Waals surface area contributed by atoms with Crippen LogP contribution in [0.1, 0.15) is 27.3 Å². The number of halogens is 3. The molecule has 33 heavy (non-hydrogen) atoms. The summed E-state index contributed by atoms with van der Waals surface area (Å²) in [5, 5.41) is 17.2. The summed E-state index contributed by atoms with van der Waals surface area (Å²) in [5.74, 6) is -1.30. The Hall–Kier alpha value is -4.08. The van der Waals surface area contributed by atoms with Gasteiger partial charge in [-0.25, -0.2) is 9.78 Å². The summed E-state index contributed by atoms with van der Waals surface area (Å²) in [6, 6.07) is 12.2. The minimum absolute atomic E-state index is 0.200. The molecule has 0 atom stereocenters. The molecular formula is C23H19F3N4O3. The van der Waals surface area contributed by atoms with E-state index in [1.807, 2.05) is 39.0 Å². The molecule has 10 heteroatoms. The number of carbonyl (C=O) groups is 1. The first-order chi connectivity index (χ1) is 15.5. The van der Waals surface area contributed by atoms with Crippen LogP contribution in [-0.4, -0.2) is 32.0 Å². The summed E-state index contributed by atoms with van der Waals surface area (Å²) in [7, 11) is 0. The van der Waals surface area contributed by atoms with Crippen molar-refractivity contribution in [2.45, 2.75) is 27.1 Å². The van der Waals surface area contributed by atoms with Gasteiger partial charge in [-0.15, -0.1) is 13.2 Å². The molecule has 0 spiro atoms. The van der Waals surface area contributed by atoms with Crippen molar-refractivity contribution in [3.05, 3.63) is 71.0 Å². The molecule has 2 aromatic heterocycles. The number of carboxylic acids is 1. The third-order valence-corrected chi connectivity index (χ3v) is 5.07. The second kappa shape index (κ2) is 8.12.